The lowest BCUT2D eigenvalue weighted by Gasteiger charge is -2.14. The summed E-state index contributed by atoms with van der Waals surface area (Å²) in [5.74, 6) is -0.117. The van der Waals surface area contributed by atoms with Gasteiger partial charge in [-0.3, -0.25) is 4.57 Å². The Morgan fingerprint density at radius 3 is 2.84 bits per heavy atom. The molecule has 0 amide bonds. The van der Waals surface area contributed by atoms with Crippen LogP contribution < -0.4 is 5.69 Å². The fourth-order valence-corrected chi connectivity index (χ4v) is 4.84. The third kappa shape index (κ3) is 3.18. The molecule has 4 aromatic heterocycles. The van der Waals surface area contributed by atoms with Gasteiger partial charge in [-0.25, -0.2) is 19.3 Å². The molecule has 0 unspecified atom stereocenters. The first kappa shape index (κ1) is 19.5. The van der Waals surface area contributed by atoms with E-state index in [1.54, 1.807) is 9.13 Å². The molecular formula is C24H25N5O3. The number of aromatic nitrogens is 5. The second-order valence-corrected chi connectivity index (χ2v) is 8.74. The van der Waals surface area contributed by atoms with Crippen LogP contribution in [0.5, 0.6) is 0 Å². The zero-order valence-electron chi connectivity index (χ0n) is 17.7. The van der Waals surface area contributed by atoms with Crippen molar-refractivity contribution in [2.45, 2.75) is 38.3 Å². The molecule has 1 fully saturated rings. The molecular weight excluding hydrogens is 406 g/mol. The van der Waals surface area contributed by atoms with E-state index in [1.165, 1.54) is 0 Å². The molecule has 2 aliphatic rings. The number of imidazole rings is 1. The zero-order chi connectivity index (χ0) is 21.7. The summed E-state index contributed by atoms with van der Waals surface area (Å²) in [6, 6.07) is 6.07. The number of H-pyrrole nitrogens is 1. The predicted molar refractivity (Wildman–Crippen MR) is 122 cm³/mol. The highest BCUT2D eigenvalue weighted by molar-refractivity contribution is 5.85. The highest BCUT2D eigenvalue weighted by Gasteiger charge is 2.29. The van der Waals surface area contributed by atoms with Gasteiger partial charge in [-0.15, -0.1) is 0 Å². The maximum Gasteiger partial charge on any atom is 0.334 e. The molecule has 0 spiro atoms. The van der Waals surface area contributed by atoms with Crippen molar-refractivity contribution in [3.8, 4) is 11.1 Å². The van der Waals surface area contributed by atoms with E-state index in [9.17, 15) is 9.90 Å². The summed E-state index contributed by atoms with van der Waals surface area (Å²) in [7, 11) is 0. The van der Waals surface area contributed by atoms with Gasteiger partial charge in [0, 0.05) is 53.3 Å². The monoisotopic (exact) mass is 431 g/mol. The number of aromatic amines is 1. The van der Waals surface area contributed by atoms with E-state index in [4.69, 9.17) is 9.72 Å². The van der Waals surface area contributed by atoms with Crippen molar-refractivity contribution in [2.75, 3.05) is 13.2 Å². The Bertz CT molecular complexity index is 1400. The smallest absolute Gasteiger partial charge is 0.334 e. The molecule has 8 nitrogen and oxygen atoms in total. The fourth-order valence-electron chi connectivity index (χ4n) is 4.84. The van der Waals surface area contributed by atoms with Crippen LogP contribution in [0, 0.1) is 5.92 Å². The maximum absolute atomic E-state index is 13.6. The van der Waals surface area contributed by atoms with Crippen LogP contribution >= 0.6 is 0 Å². The van der Waals surface area contributed by atoms with Gasteiger partial charge in [0.1, 0.15) is 5.65 Å². The average Bonchev–Trinajstić information content (AvgIpc) is 3.52. The Balaban J connectivity index is 1.52. The molecule has 32 heavy (non-hydrogen) atoms. The van der Waals surface area contributed by atoms with Gasteiger partial charge in [0.2, 0.25) is 0 Å². The lowest BCUT2D eigenvalue weighted by atomic mass is 10.0. The number of fused-ring (bicyclic) bond motifs is 2. The van der Waals surface area contributed by atoms with E-state index in [1.807, 2.05) is 30.7 Å². The zero-order valence-corrected chi connectivity index (χ0v) is 17.7. The lowest BCUT2D eigenvalue weighted by Crippen LogP contribution is -2.30. The predicted octanol–water partition coefficient (Wildman–Crippen LogP) is 3.16. The van der Waals surface area contributed by atoms with Crippen LogP contribution in [0.4, 0.5) is 0 Å². The first-order valence-electron chi connectivity index (χ1n) is 11.2. The van der Waals surface area contributed by atoms with Gasteiger partial charge in [-0.1, -0.05) is 6.08 Å². The highest BCUT2D eigenvalue weighted by Crippen LogP contribution is 2.29. The summed E-state index contributed by atoms with van der Waals surface area (Å²) in [4.78, 5) is 25.9. The van der Waals surface area contributed by atoms with Crippen LogP contribution in [0.15, 0.2) is 47.7 Å². The van der Waals surface area contributed by atoms with E-state index < -0.39 is 6.10 Å². The number of rotatable bonds is 4. The summed E-state index contributed by atoms with van der Waals surface area (Å²) in [6.45, 7) is 1.16. The Morgan fingerprint density at radius 2 is 2.03 bits per heavy atom. The van der Waals surface area contributed by atoms with E-state index in [-0.39, 0.29) is 11.6 Å². The van der Waals surface area contributed by atoms with E-state index >= 15 is 0 Å². The molecule has 0 radical (unpaired) electrons. The largest absolute Gasteiger partial charge is 0.390 e. The van der Waals surface area contributed by atoms with Gasteiger partial charge in [-0.05, 0) is 43.9 Å². The first-order valence-corrected chi connectivity index (χ1v) is 11.2. The van der Waals surface area contributed by atoms with Gasteiger partial charge >= 0.3 is 5.69 Å². The number of aliphatic hydroxyl groups excluding tert-OH is 1. The Morgan fingerprint density at radius 1 is 1.16 bits per heavy atom. The molecule has 6 rings (SSSR count). The van der Waals surface area contributed by atoms with Gasteiger partial charge in [-0.2, -0.15) is 0 Å². The Labute approximate surface area is 184 Å². The Hall–Kier alpha value is -3.23. The van der Waals surface area contributed by atoms with Gasteiger partial charge in [0.25, 0.3) is 0 Å². The van der Waals surface area contributed by atoms with E-state index in [0.29, 0.717) is 25.4 Å². The van der Waals surface area contributed by atoms with Crippen molar-refractivity contribution in [1.82, 2.24) is 24.1 Å². The summed E-state index contributed by atoms with van der Waals surface area (Å²) in [5.41, 5.74) is 5.03. The number of allylic oxidation sites excluding steroid dienone is 2. The van der Waals surface area contributed by atoms with Crippen molar-refractivity contribution in [3.63, 3.8) is 0 Å². The number of nitrogens with one attached hydrogen (secondary N) is 1. The third-order valence-corrected chi connectivity index (χ3v) is 6.64. The van der Waals surface area contributed by atoms with Crippen molar-refractivity contribution in [3.05, 3.63) is 53.3 Å². The minimum atomic E-state index is -0.564. The van der Waals surface area contributed by atoms with Crippen LogP contribution in [-0.4, -0.2) is 48.5 Å². The fraction of sp³-hybridized carbons (Fsp3) is 0.375. The quantitative estimate of drug-likeness (QED) is 0.517. The van der Waals surface area contributed by atoms with Gasteiger partial charge < -0.3 is 14.8 Å². The summed E-state index contributed by atoms with van der Waals surface area (Å²) < 4.78 is 8.95. The summed E-state index contributed by atoms with van der Waals surface area (Å²) in [5, 5.41) is 11.3. The lowest BCUT2D eigenvalue weighted by molar-refractivity contribution is 0.115. The van der Waals surface area contributed by atoms with E-state index in [0.717, 1.165) is 59.1 Å². The first-order chi connectivity index (χ1) is 15.7. The molecule has 164 valence electrons. The topological polar surface area (TPSA) is 98.0 Å². The second kappa shape index (κ2) is 7.72. The van der Waals surface area contributed by atoms with E-state index in [2.05, 4.69) is 22.1 Å². The number of pyridine rings is 2. The number of aliphatic hydroxyl groups is 1. The normalized spacial score (nSPS) is 21.5. The minimum absolute atomic E-state index is 0.101. The molecule has 0 aromatic carbocycles. The molecule has 2 atom stereocenters. The van der Waals surface area contributed by atoms with Crippen molar-refractivity contribution >= 4 is 27.9 Å². The minimum Gasteiger partial charge on any atom is -0.390 e. The van der Waals surface area contributed by atoms with Crippen LogP contribution in [0.3, 0.4) is 0 Å². The number of hydrogen-bond acceptors (Lipinski definition) is 5. The number of hydrogen-bond donors (Lipinski definition) is 2. The molecule has 0 saturated carbocycles. The molecule has 2 N–H and O–H groups in total. The average molecular weight is 431 g/mol. The summed E-state index contributed by atoms with van der Waals surface area (Å²) >= 11 is 0. The third-order valence-electron chi connectivity index (χ3n) is 6.64. The van der Waals surface area contributed by atoms with Gasteiger partial charge in [0.15, 0.2) is 5.65 Å². The molecule has 8 heteroatoms. The molecule has 0 bridgehead atoms. The van der Waals surface area contributed by atoms with Crippen LogP contribution in [0.2, 0.25) is 0 Å². The standard InChI is InChI=1S/C24H25N5O3/c30-21-14-32-13-18(21)12-28-20-9-17(16-8-15-6-7-25-22(15)26-10-16)11-27-23(20)29(24(28)31)19-4-2-1-3-5-19/h4,6-11,18,21,30H,1-3,5,12-14H2,(H,25,26)/t18-,21-/m1/s1. The molecule has 1 aliphatic carbocycles. The van der Waals surface area contributed by atoms with Crippen LogP contribution in [0.25, 0.3) is 39.0 Å². The molecule has 4 aromatic rings. The highest BCUT2D eigenvalue weighted by atomic mass is 16.5. The van der Waals surface area contributed by atoms with Crippen molar-refractivity contribution < 1.29 is 9.84 Å². The maximum atomic E-state index is 13.6. The molecule has 5 heterocycles. The molecule has 1 aliphatic heterocycles. The van der Waals surface area contributed by atoms with Crippen LogP contribution in [0.1, 0.15) is 25.7 Å². The van der Waals surface area contributed by atoms with Crippen molar-refractivity contribution in [2.24, 2.45) is 5.92 Å². The summed E-state index contributed by atoms with van der Waals surface area (Å²) in [6.07, 6.45) is 11.2. The van der Waals surface area contributed by atoms with Crippen molar-refractivity contribution in [1.29, 1.82) is 0 Å². The second-order valence-electron chi connectivity index (χ2n) is 8.74. The van der Waals surface area contributed by atoms with Crippen LogP contribution in [-0.2, 0) is 11.3 Å². The van der Waals surface area contributed by atoms with Gasteiger partial charge in [0.05, 0.1) is 24.8 Å². The number of nitrogens with zero attached hydrogens (tertiary/aromatic N) is 4. The number of ether oxygens (including phenoxy) is 1. The molecule has 1 saturated heterocycles. The Kier molecular flexibility index (Phi) is 4.69. The SMILES string of the molecule is O=c1n(C[C@@H]2COC[C@H]2O)c2cc(-c3cnc4[nH]ccc4c3)cnc2n1C1=CCCCC1.